The Labute approximate surface area is 102 Å². The Morgan fingerprint density at radius 3 is 2.53 bits per heavy atom. The summed E-state index contributed by atoms with van der Waals surface area (Å²) in [5, 5.41) is 0.675. The molecule has 1 unspecified atom stereocenters. The van der Waals surface area contributed by atoms with Crippen molar-refractivity contribution in [2.75, 3.05) is 12.4 Å². The molecule has 0 aliphatic heterocycles. The molecule has 0 saturated carbocycles. The van der Waals surface area contributed by atoms with Crippen LogP contribution in [0.15, 0.2) is 29.2 Å². The van der Waals surface area contributed by atoms with Crippen LogP contribution in [0, 0.1) is 0 Å². The van der Waals surface area contributed by atoms with Gasteiger partial charge in [-0.25, -0.2) is 0 Å². The molecule has 0 aliphatic rings. The van der Waals surface area contributed by atoms with E-state index in [9.17, 15) is 0 Å². The van der Waals surface area contributed by atoms with E-state index in [1.165, 1.54) is 11.3 Å². The molecule has 1 aromatic carbocycles. The molecule has 0 N–H and O–H groups in total. The molecule has 1 rings (SSSR count). The molecule has 0 heterocycles. The summed E-state index contributed by atoms with van der Waals surface area (Å²) in [6, 6.07) is 8.28. The summed E-state index contributed by atoms with van der Waals surface area (Å²) >= 11 is 6.01. The first-order valence-corrected chi connectivity index (χ1v) is 6.78. The quantitative estimate of drug-likeness (QED) is 0.599. The lowest BCUT2D eigenvalue weighted by molar-refractivity contribution is 0.344. The number of hydrogen-bond acceptors (Lipinski definition) is 3. The minimum Gasteiger partial charge on any atom is -0.493 e. The van der Waals surface area contributed by atoms with Crippen LogP contribution in [0.2, 0.25) is 0 Å². The number of rotatable bonds is 6. The van der Waals surface area contributed by atoms with Gasteiger partial charge in [-0.1, -0.05) is 13.8 Å². The van der Waals surface area contributed by atoms with Crippen molar-refractivity contribution in [2.45, 2.75) is 30.4 Å². The molecule has 0 fully saturated rings. The van der Waals surface area contributed by atoms with Crippen molar-refractivity contribution in [3.8, 4) is 5.75 Å². The first-order chi connectivity index (χ1) is 7.26. The van der Waals surface area contributed by atoms with Crippen molar-refractivity contribution in [2.24, 2.45) is 0 Å². The third-order valence-corrected chi connectivity index (χ3v) is 3.56. The Balaban J connectivity index is 2.48. The normalized spacial score (nSPS) is 12.5. The number of benzene rings is 1. The average Bonchev–Trinajstić information content (AvgIpc) is 2.28. The fourth-order valence-corrected chi connectivity index (χ4v) is 2.11. The van der Waals surface area contributed by atoms with Crippen molar-refractivity contribution in [1.29, 1.82) is 0 Å². The summed E-state index contributed by atoms with van der Waals surface area (Å²) in [5.41, 5.74) is 0. The Hall–Kier alpha value is -0.280. The summed E-state index contributed by atoms with van der Waals surface area (Å²) in [5.74, 6) is 1.68. The Morgan fingerprint density at radius 1 is 1.33 bits per heavy atom. The first-order valence-electron chi connectivity index (χ1n) is 5.26. The van der Waals surface area contributed by atoms with E-state index in [1.54, 1.807) is 0 Å². The minimum atomic E-state index is 0.668. The largest absolute Gasteiger partial charge is 0.493 e. The number of ether oxygens (including phenoxy) is 1. The Morgan fingerprint density at radius 2 is 2.00 bits per heavy atom. The van der Waals surface area contributed by atoms with Crippen molar-refractivity contribution in [3.63, 3.8) is 0 Å². The van der Waals surface area contributed by atoms with E-state index in [-0.39, 0.29) is 0 Å². The van der Waals surface area contributed by atoms with Crippen LogP contribution in [0.1, 0.15) is 20.3 Å². The van der Waals surface area contributed by atoms with Gasteiger partial charge in [0.1, 0.15) is 5.75 Å². The van der Waals surface area contributed by atoms with Crippen LogP contribution >= 0.6 is 24.4 Å². The van der Waals surface area contributed by atoms with Gasteiger partial charge in [0.15, 0.2) is 0 Å². The van der Waals surface area contributed by atoms with Crippen molar-refractivity contribution < 1.29 is 4.74 Å². The van der Waals surface area contributed by atoms with E-state index in [4.69, 9.17) is 4.74 Å². The maximum absolute atomic E-state index is 5.46. The monoisotopic (exact) mass is 242 g/mol. The molecule has 0 saturated heterocycles. The van der Waals surface area contributed by atoms with Crippen molar-refractivity contribution in [1.82, 2.24) is 0 Å². The van der Waals surface area contributed by atoms with Crippen LogP contribution in [-0.2, 0) is 0 Å². The lowest BCUT2D eigenvalue weighted by atomic mass is 10.3. The van der Waals surface area contributed by atoms with E-state index < -0.39 is 0 Å². The zero-order valence-corrected chi connectivity index (χ0v) is 11.0. The zero-order valence-electron chi connectivity index (χ0n) is 9.27. The van der Waals surface area contributed by atoms with Gasteiger partial charge in [0.25, 0.3) is 0 Å². The predicted octanol–water partition coefficient (Wildman–Crippen LogP) is 3.89. The van der Waals surface area contributed by atoms with Crippen LogP contribution < -0.4 is 4.74 Å². The summed E-state index contributed by atoms with van der Waals surface area (Å²) < 4.78 is 5.46. The average molecular weight is 242 g/mol. The van der Waals surface area contributed by atoms with Gasteiger partial charge >= 0.3 is 0 Å². The number of thioether (sulfide) groups is 1. The molecule has 15 heavy (non-hydrogen) atoms. The molecule has 0 spiro atoms. The maximum atomic E-state index is 5.46. The van der Waals surface area contributed by atoms with Crippen LogP contribution in [0.4, 0.5) is 0 Å². The van der Waals surface area contributed by atoms with Crippen molar-refractivity contribution in [3.05, 3.63) is 24.3 Å². The topological polar surface area (TPSA) is 9.23 Å². The molecule has 0 aliphatic carbocycles. The maximum Gasteiger partial charge on any atom is 0.119 e. The van der Waals surface area contributed by atoms with E-state index in [2.05, 4.69) is 38.6 Å². The molecule has 0 amide bonds. The molecule has 1 atom stereocenters. The fourth-order valence-electron chi connectivity index (χ4n) is 1.09. The van der Waals surface area contributed by atoms with Gasteiger partial charge in [-0.3, -0.25) is 0 Å². The first kappa shape index (κ1) is 12.8. The van der Waals surface area contributed by atoms with Gasteiger partial charge in [0.2, 0.25) is 0 Å². The minimum absolute atomic E-state index is 0.668. The zero-order chi connectivity index (χ0) is 11.1. The van der Waals surface area contributed by atoms with Gasteiger partial charge in [0, 0.05) is 15.9 Å². The SMILES string of the molecule is CCC(C)Sc1ccc(OCCS)cc1. The van der Waals surface area contributed by atoms with Crippen LogP contribution in [0.5, 0.6) is 5.75 Å². The molecule has 3 heteroatoms. The predicted molar refractivity (Wildman–Crippen MR) is 71.4 cm³/mol. The van der Waals surface area contributed by atoms with E-state index in [0.717, 1.165) is 11.5 Å². The van der Waals surface area contributed by atoms with Gasteiger partial charge in [-0.2, -0.15) is 12.6 Å². The Kier molecular flexibility index (Phi) is 6.03. The summed E-state index contributed by atoms with van der Waals surface area (Å²) in [6.45, 7) is 5.12. The third-order valence-electron chi connectivity index (χ3n) is 2.10. The number of hydrogen-bond donors (Lipinski definition) is 1. The van der Waals surface area contributed by atoms with Gasteiger partial charge in [-0.15, -0.1) is 11.8 Å². The molecule has 84 valence electrons. The van der Waals surface area contributed by atoms with Crippen LogP contribution in [-0.4, -0.2) is 17.6 Å². The molecule has 0 aromatic heterocycles. The lowest BCUT2D eigenvalue weighted by Crippen LogP contribution is -1.97. The molecular weight excluding hydrogens is 224 g/mol. The highest BCUT2D eigenvalue weighted by Gasteiger charge is 2.01. The fraction of sp³-hybridized carbons (Fsp3) is 0.500. The van der Waals surface area contributed by atoms with Crippen molar-refractivity contribution >= 4 is 24.4 Å². The van der Waals surface area contributed by atoms with Gasteiger partial charge in [0.05, 0.1) is 6.61 Å². The molecule has 1 aromatic rings. The summed E-state index contributed by atoms with van der Waals surface area (Å²) in [6.07, 6.45) is 1.20. The summed E-state index contributed by atoms with van der Waals surface area (Å²) in [7, 11) is 0. The standard InChI is InChI=1S/C12H18OS2/c1-3-10(2)15-12-6-4-11(5-7-12)13-8-9-14/h4-7,10,14H,3,8-9H2,1-2H3. The molecule has 1 nitrogen and oxygen atoms in total. The molecular formula is C12H18OS2. The van der Waals surface area contributed by atoms with Crippen LogP contribution in [0.3, 0.4) is 0 Å². The van der Waals surface area contributed by atoms with Crippen LogP contribution in [0.25, 0.3) is 0 Å². The Bertz CT molecular complexity index is 271. The number of thiol groups is 1. The van der Waals surface area contributed by atoms with E-state index >= 15 is 0 Å². The second kappa shape index (κ2) is 7.07. The van der Waals surface area contributed by atoms with Gasteiger partial charge in [-0.05, 0) is 30.7 Å². The summed E-state index contributed by atoms with van der Waals surface area (Å²) in [4.78, 5) is 1.31. The molecule has 0 bridgehead atoms. The highest BCUT2D eigenvalue weighted by atomic mass is 32.2. The third kappa shape index (κ3) is 4.85. The second-order valence-electron chi connectivity index (χ2n) is 3.38. The molecule has 0 radical (unpaired) electrons. The second-order valence-corrected chi connectivity index (χ2v) is 5.34. The smallest absolute Gasteiger partial charge is 0.119 e. The highest BCUT2D eigenvalue weighted by molar-refractivity contribution is 7.99. The van der Waals surface area contributed by atoms with Gasteiger partial charge < -0.3 is 4.74 Å². The van der Waals surface area contributed by atoms with E-state index in [1.807, 2.05) is 23.9 Å². The van der Waals surface area contributed by atoms with E-state index in [0.29, 0.717) is 11.9 Å². The lowest BCUT2D eigenvalue weighted by Gasteiger charge is -2.09. The highest BCUT2D eigenvalue weighted by Crippen LogP contribution is 2.26.